The highest BCUT2D eigenvalue weighted by molar-refractivity contribution is 7.98. The minimum absolute atomic E-state index is 0.368. The van der Waals surface area contributed by atoms with Crippen LogP contribution in [-0.2, 0) is 12.8 Å². The van der Waals surface area contributed by atoms with E-state index in [-0.39, 0.29) is 0 Å². The van der Waals surface area contributed by atoms with Crippen LogP contribution in [0.15, 0.2) is 5.16 Å². The molecule has 1 aliphatic rings. The van der Waals surface area contributed by atoms with Crippen LogP contribution in [0.3, 0.4) is 0 Å². The van der Waals surface area contributed by atoms with E-state index in [9.17, 15) is 0 Å². The molecule has 3 aromatic rings. The second-order valence-electron chi connectivity index (χ2n) is 7.49. The first-order chi connectivity index (χ1) is 10.9. The van der Waals surface area contributed by atoms with Crippen LogP contribution < -0.4 is 0 Å². The molecular weight excluding hydrogens is 324 g/mol. The number of aromatic nitrogens is 4. The van der Waals surface area contributed by atoms with E-state index in [1.54, 1.807) is 11.8 Å². The minimum atomic E-state index is 0.368. The molecule has 3 aromatic heterocycles. The van der Waals surface area contributed by atoms with Crippen molar-refractivity contribution in [1.82, 2.24) is 19.6 Å². The summed E-state index contributed by atoms with van der Waals surface area (Å²) >= 11 is 3.53. The molecule has 0 amide bonds. The Hall–Kier alpha value is -1.14. The minimum Gasteiger partial charge on any atom is -0.257 e. The second kappa shape index (κ2) is 5.18. The molecule has 0 N–H and O–H groups in total. The highest BCUT2D eigenvalue weighted by Crippen LogP contribution is 2.44. The van der Waals surface area contributed by atoms with E-state index >= 15 is 0 Å². The fourth-order valence-electron chi connectivity index (χ4n) is 3.65. The molecule has 0 fully saturated rings. The Bertz CT molecular complexity index is 901. The summed E-state index contributed by atoms with van der Waals surface area (Å²) in [4.78, 5) is 7.56. The molecule has 0 saturated carbocycles. The van der Waals surface area contributed by atoms with Crippen LogP contribution in [0, 0.1) is 18.3 Å². The van der Waals surface area contributed by atoms with Gasteiger partial charge in [0.05, 0.1) is 5.39 Å². The average molecular weight is 347 g/mol. The standard InChI is InChI=1S/C17H22N4S2/c1-9-19-20-14-13-11-7-6-10(17(2,3)4)8-12(11)23-15(13)18-16(22-5)21(9)14/h10H,6-8H2,1-5H3/t10-/m0/s1. The SMILES string of the molecule is CSc1nc2sc3c(c2c2nnc(C)n12)CC[C@H](C(C)(C)C)C3. The van der Waals surface area contributed by atoms with Gasteiger partial charge in [0, 0.05) is 4.88 Å². The third-order valence-corrected chi connectivity index (χ3v) is 6.88. The summed E-state index contributed by atoms with van der Waals surface area (Å²) < 4.78 is 2.11. The summed E-state index contributed by atoms with van der Waals surface area (Å²) in [5.41, 5.74) is 2.83. The lowest BCUT2D eigenvalue weighted by molar-refractivity contribution is 0.218. The number of nitrogens with zero attached hydrogens (tertiary/aromatic N) is 4. The molecule has 4 rings (SSSR count). The van der Waals surface area contributed by atoms with E-state index in [0.717, 1.165) is 33.8 Å². The van der Waals surface area contributed by atoms with Crippen molar-refractivity contribution in [3.63, 3.8) is 0 Å². The Balaban J connectivity index is 1.96. The fraction of sp³-hybridized carbons (Fsp3) is 0.588. The lowest BCUT2D eigenvalue weighted by Gasteiger charge is -2.33. The lowest BCUT2D eigenvalue weighted by Crippen LogP contribution is -2.26. The first kappa shape index (κ1) is 15.4. The molecule has 0 spiro atoms. The molecule has 0 saturated heterocycles. The van der Waals surface area contributed by atoms with Gasteiger partial charge in [-0.05, 0) is 49.3 Å². The van der Waals surface area contributed by atoms with E-state index in [1.807, 2.05) is 18.3 Å². The Morgan fingerprint density at radius 2 is 2.04 bits per heavy atom. The quantitative estimate of drug-likeness (QED) is 0.480. The zero-order chi connectivity index (χ0) is 16.4. The van der Waals surface area contributed by atoms with Crippen molar-refractivity contribution in [1.29, 1.82) is 0 Å². The molecule has 0 bridgehead atoms. The van der Waals surface area contributed by atoms with Crippen LogP contribution >= 0.6 is 23.1 Å². The Morgan fingerprint density at radius 1 is 1.26 bits per heavy atom. The zero-order valence-electron chi connectivity index (χ0n) is 14.3. The maximum absolute atomic E-state index is 4.91. The van der Waals surface area contributed by atoms with Crippen LogP contribution in [0.5, 0.6) is 0 Å². The van der Waals surface area contributed by atoms with Crippen LogP contribution in [0.2, 0.25) is 0 Å². The number of aryl methyl sites for hydroxylation is 2. The maximum Gasteiger partial charge on any atom is 0.176 e. The van der Waals surface area contributed by atoms with Gasteiger partial charge in [-0.3, -0.25) is 4.40 Å². The molecule has 4 nitrogen and oxygen atoms in total. The monoisotopic (exact) mass is 346 g/mol. The van der Waals surface area contributed by atoms with Gasteiger partial charge in [0.25, 0.3) is 0 Å². The van der Waals surface area contributed by atoms with E-state index < -0.39 is 0 Å². The van der Waals surface area contributed by atoms with E-state index in [4.69, 9.17) is 4.98 Å². The predicted octanol–water partition coefficient (Wildman–Crippen LogP) is 4.52. The molecule has 6 heteroatoms. The number of hydrogen-bond acceptors (Lipinski definition) is 5. The first-order valence-corrected chi connectivity index (χ1v) is 10.1. The van der Waals surface area contributed by atoms with Gasteiger partial charge >= 0.3 is 0 Å². The molecule has 122 valence electrons. The maximum atomic E-state index is 4.91. The summed E-state index contributed by atoms with van der Waals surface area (Å²) in [5, 5.41) is 11.0. The van der Waals surface area contributed by atoms with Crippen LogP contribution in [-0.4, -0.2) is 25.8 Å². The van der Waals surface area contributed by atoms with E-state index in [0.29, 0.717) is 5.41 Å². The van der Waals surface area contributed by atoms with Crippen molar-refractivity contribution in [2.75, 3.05) is 6.26 Å². The summed E-state index contributed by atoms with van der Waals surface area (Å²) in [6.07, 6.45) is 5.63. The third-order valence-electron chi connectivity index (χ3n) is 5.09. The smallest absolute Gasteiger partial charge is 0.176 e. The molecular formula is C17H22N4S2. The van der Waals surface area contributed by atoms with Crippen molar-refractivity contribution >= 4 is 39.0 Å². The van der Waals surface area contributed by atoms with Crippen LogP contribution in [0.4, 0.5) is 0 Å². The van der Waals surface area contributed by atoms with Gasteiger partial charge in [-0.2, -0.15) is 0 Å². The topological polar surface area (TPSA) is 43.1 Å². The lowest BCUT2D eigenvalue weighted by atomic mass is 9.72. The fourth-order valence-corrected chi connectivity index (χ4v) is 5.58. The van der Waals surface area contributed by atoms with Crippen molar-refractivity contribution in [2.24, 2.45) is 11.3 Å². The van der Waals surface area contributed by atoms with Crippen molar-refractivity contribution in [3.05, 3.63) is 16.3 Å². The average Bonchev–Trinajstić information content (AvgIpc) is 3.05. The number of thioether (sulfide) groups is 1. The van der Waals surface area contributed by atoms with Crippen molar-refractivity contribution in [3.8, 4) is 0 Å². The van der Waals surface area contributed by atoms with Gasteiger partial charge in [-0.25, -0.2) is 4.98 Å². The molecule has 3 heterocycles. The molecule has 1 atom stereocenters. The Labute approximate surface area is 144 Å². The van der Waals surface area contributed by atoms with Gasteiger partial charge < -0.3 is 0 Å². The molecule has 0 aliphatic heterocycles. The molecule has 1 aliphatic carbocycles. The predicted molar refractivity (Wildman–Crippen MR) is 97.7 cm³/mol. The largest absolute Gasteiger partial charge is 0.257 e. The van der Waals surface area contributed by atoms with Crippen molar-refractivity contribution < 1.29 is 0 Å². The van der Waals surface area contributed by atoms with Crippen LogP contribution in [0.1, 0.15) is 43.5 Å². The van der Waals surface area contributed by atoms with E-state index in [2.05, 4.69) is 41.6 Å². The summed E-state index contributed by atoms with van der Waals surface area (Å²) in [6, 6.07) is 0. The summed E-state index contributed by atoms with van der Waals surface area (Å²) in [5.74, 6) is 1.67. The normalized spacial score (nSPS) is 18.7. The highest BCUT2D eigenvalue weighted by atomic mass is 32.2. The zero-order valence-corrected chi connectivity index (χ0v) is 15.9. The van der Waals surface area contributed by atoms with Gasteiger partial charge in [0.2, 0.25) is 0 Å². The van der Waals surface area contributed by atoms with Gasteiger partial charge in [-0.1, -0.05) is 32.5 Å². The summed E-state index contributed by atoms with van der Waals surface area (Å²) in [7, 11) is 0. The molecule has 0 aromatic carbocycles. The number of fused-ring (bicyclic) bond motifs is 5. The molecule has 23 heavy (non-hydrogen) atoms. The number of hydrogen-bond donors (Lipinski definition) is 0. The Kier molecular flexibility index (Phi) is 3.47. The van der Waals surface area contributed by atoms with Gasteiger partial charge in [0.1, 0.15) is 10.7 Å². The van der Waals surface area contributed by atoms with E-state index in [1.165, 1.54) is 28.7 Å². The van der Waals surface area contributed by atoms with Crippen molar-refractivity contribution in [2.45, 2.75) is 52.1 Å². The third kappa shape index (κ3) is 2.30. The molecule has 0 radical (unpaired) electrons. The van der Waals surface area contributed by atoms with Crippen LogP contribution in [0.25, 0.3) is 15.9 Å². The Morgan fingerprint density at radius 3 is 2.74 bits per heavy atom. The highest BCUT2D eigenvalue weighted by Gasteiger charge is 2.32. The van der Waals surface area contributed by atoms with Gasteiger partial charge in [0.15, 0.2) is 10.8 Å². The second-order valence-corrected chi connectivity index (χ2v) is 9.35. The number of rotatable bonds is 1. The van der Waals surface area contributed by atoms with Gasteiger partial charge in [-0.15, -0.1) is 21.5 Å². The molecule has 0 unspecified atom stereocenters. The first-order valence-electron chi connectivity index (χ1n) is 8.10. The number of thiophene rings is 1. The summed E-state index contributed by atoms with van der Waals surface area (Å²) in [6.45, 7) is 9.09.